The Balaban J connectivity index is 3.03. The summed E-state index contributed by atoms with van der Waals surface area (Å²) in [7, 11) is 2.09. The van der Waals surface area contributed by atoms with E-state index in [0.29, 0.717) is 6.54 Å². The summed E-state index contributed by atoms with van der Waals surface area (Å²) in [5, 5.41) is 3.01. The SMILES string of the molecule is CCCN(C)CCNCC=O. The van der Waals surface area contributed by atoms with Crippen LogP contribution in [0.1, 0.15) is 13.3 Å². The van der Waals surface area contributed by atoms with Gasteiger partial charge in [0.2, 0.25) is 0 Å². The van der Waals surface area contributed by atoms with Crippen molar-refractivity contribution >= 4 is 6.29 Å². The quantitative estimate of drug-likeness (QED) is 0.422. The maximum Gasteiger partial charge on any atom is 0.133 e. The van der Waals surface area contributed by atoms with E-state index >= 15 is 0 Å². The summed E-state index contributed by atoms with van der Waals surface area (Å²) in [6.07, 6.45) is 2.07. The summed E-state index contributed by atoms with van der Waals surface area (Å²) in [5.74, 6) is 0. The summed E-state index contributed by atoms with van der Waals surface area (Å²) < 4.78 is 0. The van der Waals surface area contributed by atoms with Crippen LogP contribution in [-0.2, 0) is 4.79 Å². The molecule has 0 saturated carbocycles. The normalized spacial score (nSPS) is 10.5. The number of likely N-dealkylation sites (N-methyl/N-ethyl adjacent to an activating group) is 1. The number of hydrogen-bond acceptors (Lipinski definition) is 3. The molecule has 0 bridgehead atoms. The molecule has 0 aromatic rings. The molecule has 0 radical (unpaired) electrons. The highest BCUT2D eigenvalue weighted by molar-refractivity contribution is 5.51. The van der Waals surface area contributed by atoms with Crippen LogP contribution in [0.15, 0.2) is 0 Å². The van der Waals surface area contributed by atoms with E-state index in [1.165, 1.54) is 6.42 Å². The van der Waals surface area contributed by atoms with E-state index in [9.17, 15) is 4.79 Å². The van der Waals surface area contributed by atoms with Crippen molar-refractivity contribution in [2.45, 2.75) is 13.3 Å². The molecule has 0 heterocycles. The topological polar surface area (TPSA) is 32.3 Å². The first kappa shape index (κ1) is 10.6. The van der Waals surface area contributed by atoms with Gasteiger partial charge in [0.25, 0.3) is 0 Å². The standard InChI is InChI=1S/C8H18N2O/c1-3-6-10(2)7-4-9-5-8-11/h8-9H,3-7H2,1-2H3. The number of carbonyl (C=O) groups is 1. The Morgan fingerprint density at radius 1 is 1.45 bits per heavy atom. The molecule has 0 fully saturated rings. The van der Waals surface area contributed by atoms with Gasteiger partial charge in [-0.05, 0) is 20.0 Å². The second-order valence-corrected chi connectivity index (χ2v) is 2.67. The highest BCUT2D eigenvalue weighted by atomic mass is 16.1. The lowest BCUT2D eigenvalue weighted by molar-refractivity contribution is -0.107. The fourth-order valence-electron chi connectivity index (χ4n) is 0.924. The highest BCUT2D eigenvalue weighted by Crippen LogP contribution is 1.83. The Hall–Kier alpha value is -0.410. The maximum absolute atomic E-state index is 9.90. The van der Waals surface area contributed by atoms with Crippen LogP contribution >= 0.6 is 0 Å². The van der Waals surface area contributed by atoms with Crippen LogP contribution in [0.2, 0.25) is 0 Å². The zero-order valence-electron chi connectivity index (χ0n) is 7.47. The van der Waals surface area contributed by atoms with E-state index in [-0.39, 0.29) is 0 Å². The molecule has 0 aliphatic heterocycles. The Bertz CT molecular complexity index is 96.1. The molecular weight excluding hydrogens is 140 g/mol. The molecule has 0 saturated heterocycles. The van der Waals surface area contributed by atoms with Crippen LogP contribution in [-0.4, -0.2) is 44.4 Å². The van der Waals surface area contributed by atoms with Gasteiger partial charge in [-0.15, -0.1) is 0 Å². The molecule has 0 aliphatic rings. The van der Waals surface area contributed by atoms with Crippen molar-refractivity contribution in [2.24, 2.45) is 0 Å². The number of aldehydes is 1. The zero-order chi connectivity index (χ0) is 8.53. The summed E-state index contributed by atoms with van der Waals surface area (Å²) in [4.78, 5) is 12.1. The van der Waals surface area contributed by atoms with Crippen LogP contribution in [0.3, 0.4) is 0 Å². The third kappa shape index (κ3) is 7.49. The van der Waals surface area contributed by atoms with Crippen molar-refractivity contribution in [3.05, 3.63) is 0 Å². The van der Waals surface area contributed by atoms with Gasteiger partial charge in [-0.25, -0.2) is 0 Å². The molecule has 0 aromatic heterocycles. The first-order valence-electron chi connectivity index (χ1n) is 4.14. The Morgan fingerprint density at radius 2 is 2.18 bits per heavy atom. The van der Waals surface area contributed by atoms with Crippen LogP contribution < -0.4 is 5.32 Å². The maximum atomic E-state index is 9.90. The molecule has 3 heteroatoms. The average Bonchev–Trinajstić information content (AvgIpc) is 1.99. The zero-order valence-corrected chi connectivity index (χ0v) is 7.47. The summed E-state index contributed by atoms with van der Waals surface area (Å²) in [6.45, 7) is 5.68. The fraction of sp³-hybridized carbons (Fsp3) is 0.875. The van der Waals surface area contributed by atoms with Gasteiger partial charge in [-0.3, -0.25) is 0 Å². The van der Waals surface area contributed by atoms with Crippen LogP contribution in [0.25, 0.3) is 0 Å². The predicted octanol–water partition coefficient (Wildman–Crippen LogP) is 0.117. The Kier molecular flexibility index (Phi) is 7.41. The van der Waals surface area contributed by atoms with Crippen LogP contribution in [0.5, 0.6) is 0 Å². The molecule has 11 heavy (non-hydrogen) atoms. The molecule has 0 spiro atoms. The van der Waals surface area contributed by atoms with E-state index in [4.69, 9.17) is 0 Å². The molecule has 3 nitrogen and oxygen atoms in total. The summed E-state index contributed by atoms with van der Waals surface area (Å²) in [5.41, 5.74) is 0. The molecule has 0 unspecified atom stereocenters. The Labute approximate surface area is 68.8 Å². The van der Waals surface area contributed by atoms with Gasteiger partial charge in [0, 0.05) is 13.1 Å². The lowest BCUT2D eigenvalue weighted by atomic mass is 10.4. The molecule has 0 rings (SSSR count). The number of nitrogens with one attached hydrogen (secondary N) is 1. The Morgan fingerprint density at radius 3 is 2.73 bits per heavy atom. The van der Waals surface area contributed by atoms with Crippen molar-refractivity contribution in [3.63, 3.8) is 0 Å². The van der Waals surface area contributed by atoms with E-state index in [1.807, 2.05) is 0 Å². The number of carbonyl (C=O) groups excluding carboxylic acids is 1. The van der Waals surface area contributed by atoms with Gasteiger partial charge >= 0.3 is 0 Å². The second kappa shape index (κ2) is 7.69. The number of nitrogens with zero attached hydrogens (tertiary/aromatic N) is 1. The summed E-state index contributed by atoms with van der Waals surface area (Å²) >= 11 is 0. The largest absolute Gasteiger partial charge is 0.309 e. The lowest BCUT2D eigenvalue weighted by Gasteiger charge is -2.14. The molecular formula is C8H18N2O. The first-order valence-corrected chi connectivity index (χ1v) is 4.14. The molecule has 0 aromatic carbocycles. The molecule has 66 valence electrons. The predicted molar refractivity (Wildman–Crippen MR) is 46.7 cm³/mol. The minimum atomic E-state index is 0.472. The summed E-state index contributed by atoms with van der Waals surface area (Å²) in [6, 6.07) is 0. The van der Waals surface area contributed by atoms with Gasteiger partial charge < -0.3 is 15.0 Å². The van der Waals surface area contributed by atoms with Gasteiger partial charge in [0.1, 0.15) is 6.29 Å². The lowest BCUT2D eigenvalue weighted by Crippen LogP contribution is -2.30. The molecule has 0 amide bonds. The minimum Gasteiger partial charge on any atom is -0.309 e. The van der Waals surface area contributed by atoms with Crippen molar-refractivity contribution in [1.29, 1.82) is 0 Å². The molecule has 0 atom stereocenters. The van der Waals surface area contributed by atoms with E-state index in [1.54, 1.807) is 0 Å². The van der Waals surface area contributed by atoms with E-state index < -0.39 is 0 Å². The van der Waals surface area contributed by atoms with Crippen LogP contribution in [0.4, 0.5) is 0 Å². The van der Waals surface area contributed by atoms with Crippen molar-refractivity contribution < 1.29 is 4.79 Å². The highest BCUT2D eigenvalue weighted by Gasteiger charge is 1.93. The van der Waals surface area contributed by atoms with Gasteiger partial charge in [0.15, 0.2) is 0 Å². The number of hydrogen-bond donors (Lipinski definition) is 1. The average molecular weight is 158 g/mol. The van der Waals surface area contributed by atoms with Gasteiger partial charge in [-0.2, -0.15) is 0 Å². The minimum absolute atomic E-state index is 0.472. The van der Waals surface area contributed by atoms with Crippen molar-refractivity contribution in [2.75, 3.05) is 33.2 Å². The van der Waals surface area contributed by atoms with E-state index in [0.717, 1.165) is 25.9 Å². The van der Waals surface area contributed by atoms with Crippen molar-refractivity contribution in [1.82, 2.24) is 10.2 Å². The third-order valence-corrected chi connectivity index (χ3v) is 1.50. The van der Waals surface area contributed by atoms with E-state index in [2.05, 4.69) is 24.2 Å². The third-order valence-electron chi connectivity index (χ3n) is 1.50. The fourth-order valence-corrected chi connectivity index (χ4v) is 0.924. The van der Waals surface area contributed by atoms with Crippen molar-refractivity contribution in [3.8, 4) is 0 Å². The van der Waals surface area contributed by atoms with Gasteiger partial charge in [-0.1, -0.05) is 6.92 Å². The smallest absolute Gasteiger partial charge is 0.133 e. The van der Waals surface area contributed by atoms with Gasteiger partial charge in [0.05, 0.1) is 6.54 Å². The van der Waals surface area contributed by atoms with Crippen LogP contribution in [0, 0.1) is 0 Å². The molecule has 1 N–H and O–H groups in total. The first-order chi connectivity index (χ1) is 5.31. The second-order valence-electron chi connectivity index (χ2n) is 2.67. The number of rotatable bonds is 7. The molecule has 0 aliphatic carbocycles. The monoisotopic (exact) mass is 158 g/mol.